The molecule has 24 heavy (non-hydrogen) atoms. The maximum Gasteiger partial charge on any atom is 0.274 e. The van der Waals surface area contributed by atoms with Crippen molar-refractivity contribution in [3.05, 3.63) is 17.4 Å². The first kappa shape index (κ1) is 18.1. The molecular formula is C21H36O2Si. The van der Waals surface area contributed by atoms with Gasteiger partial charge in [-0.15, -0.1) is 0 Å². The van der Waals surface area contributed by atoms with Crippen LogP contribution in [0.1, 0.15) is 78.4 Å². The number of rotatable bonds is 2. The molecule has 2 aliphatic rings. The van der Waals surface area contributed by atoms with Crippen LogP contribution in [0.3, 0.4) is 0 Å². The highest BCUT2D eigenvalue weighted by Gasteiger charge is 2.53. The van der Waals surface area contributed by atoms with E-state index in [2.05, 4.69) is 54.6 Å². The summed E-state index contributed by atoms with van der Waals surface area (Å²) in [5.74, 6) is 1.58. The van der Waals surface area contributed by atoms with E-state index in [1.54, 1.807) is 0 Å². The van der Waals surface area contributed by atoms with Gasteiger partial charge in [-0.2, -0.15) is 0 Å². The Morgan fingerprint density at radius 3 is 2.46 bits per heavy atom. The lowest BCUT2D eigenvalue weighted by atomic mass is 9.51. The van der Waals surface area contributed by atoms with Gasteiger partial charge in [-0.3, -0.25) is 0 Å². The van der Waals surface area contributed by atoms with Gasteiger partial charge < -0.3 is 8.84 Å². The maximum atomic E-state index is 6.66. The Kier molecular flexibility index (Phi) is 4.07. The molecule has 1 heterocycles. The second-order valence-corrected chi connectivity index (χ2v) is 15.4. The van der Waals surface area contributed by atoms with Gasteiger partial charge in [0.25, 0.3) is 14.3 Å². The fourth-order valence-electron chi connectivity index (χ4n) is 5.05. The van der Waals surface area contributed by atoms with Gasteiger partial charge in [-0.05, 0) is 60.7 Å². The molecule has 0 bridgehead atoms. The largest absolute Gasteiger partial charge is 0.518 e. The summed E-state index contributed by atoms with van der Waals surface area (Å²) in [7, 11) is -1.89. The standard InChI is InChI=1S/C21H36O2Si/c1-19(2,3)24(7,8)23-18-17-15(14-22-18)10-11-16-20(4,5)12-9-13-21(16,17)6/h14,16H,9-13H2,1-8H3/t16-,21-/m0/s1. The van der Waals surface area contributed by atoms with Crippen LogP contribution in [0.5, 0.6) is 5.95 Å². The van der Waals surface area contributed by atoms with E-state index >= 15 is 0 Å². The predicted octanol–water partition coefficient (Wildman–Crippen LogP) is 6.69. The Morgan fingerprint density at radius 2 is 1.83 bits per heavy atom. The normalized spacial score (nSPS) is 29.8. The third-order valence-corrected chi connectivity index (χ3v) is 11.8. The summed E-state index contributed by atoms with van der Waals surface area (Å²) in [4.78, 5) is 0. The van der Waals surface area contributed by atoms with Crippen LogP contribution < -0.4 is 4.43 Å². The minimum absolute atomic E-state index is 0.188. The molecule has 2 nitrogen and oxygen atoms in total. The van der Waals surface area contributed by atoms with Crippen LogP contribution in [0.25, 0.3) is 0 Å². The van der Waals surface area contributed by atoms with Gasteiger partial charge in [0, 0.05) is 11.0 Å². The van der Waals surface area contributed by atoms with Crippen molar-refractivity contribution in [2.45, 2.75) is 97.2 Å². The van der Waals surface area contributed by atoms with Gasteiger partial charge in [0.15, 0.2) is 0 Å². The third-order valence-electron chi connectivity index (χ3n) is 7.49. The summed E-state index contributed by atoms with van der Waals surface area (Å²) in [6, 6.07) is 0. The molecule has 0 spiro atoms. The first-order valence-electron chi connectivity index (χ1n) is 9.68. The summed E-state index contributed by atoms with van der Waals surface area (Å²) >= 11 is 0. The molecule has 0 amide bonds. The van der Waals surface area contributed by atoms with E-state index in [9.17, 15) is 0 Å². The van der Waals surface area contributed by atoms with E-state index in [4.69, 9.17) is 8.84 Å². The van der Waals surface area contributed by atoms with Gasteiger partial charge in [0.1, 0.15) is 0 Å². The molecule has 1 fully saturated rings. The SMILES string of the molecule is CC1(C)CCC[C@]2(C)c3c(coc3O[Si](C)(C)C(C)(C)C)CC[C@@H]12. The van der Waals surface area contributed by atoms with Gasteiger partial charge >= 0.3 is 0 Å². The lowest BCUT2D eigenvalue weighted by Crippen LogP contribution is -2.49. The molecule has 0 aliphatic heterocycles. The minimum Gasteiger partial charge on any atom is -0.518 e. The van der Waals surface area contributed by atoms with Gasteiger partial charge in [0.2, 0.25) is 0 Å². The fourth-order valence-corrected chi connectivity index (χ4v) is 5.97. The van der Waals surface area contributed by atoms with E-state index < -0.39 is 8.32 Å². The number of furan rings is 1. The highest BCUT2D eigenvalue weighted by molar-refractivity contribution is 6.74. The Bertz CT molecular complexity index is 620. The van der Waals surface area contributed by atoms with Gasteiger partial charge in [0.05, 0.1) is 6.26 Å². The zero-order valence-corrected chi connectivity index (χ0v) is 18.0. The molecule has 0 unspecified atom stereocenters. The van der Waals surface area contributed by atoms with Crippen molar-refractivity contribution in [3.63, 3.8) is 0 Å². The third kappa shape index (κ3) is 2.67. The van der Waals surface area contributed by atoms with Crippen molar-refractivity contribution in [1.82, 2.24) is 0 Å². The number of aryl methyl sites for hydroxylation is 1. The van der Waals surface area contributed by atoms with E-state index in [1.165, 1.54) is 36.8 Å². The van der Waals surface area contributed by atoms with E-state index in [1.807, 2.05) is 6.26 Å². The van der Waals surface area contributed by atoms with Crippen LogP contribution in [-0.4, -0.2) is 8.32 Å². The van der Waals surface area contributed by atoms with Crippen LogP contribution in [0, 0.1) is 11.3 Å². The monoisotopic (exact) mass is 348 g/mol. The molecule has 0 aromatic carbocycles. The smallest absolute Gasteiger partial charge is 0.274 e. The summed E-state index contributed by atoms with van der Waals surface area (Å²) in [6.07, 6.45) is 8.34. The minimum atomic E-state index is -1.89. The van der Waals surface area contributed by atoms with Crippen LogP contribution >= 0.6 is 0 Å². The molecule has 0 N–H and O–H groups in total. The van der Waals surface area contributed by atoms with Crippen molar-refractivity contribution in [2.24, 2.45) is 11.3 Å². The Labute approximate surface area is 149 Å². The Morgan fingerprint density at radius 1 is 1.17 bits per heavy atom. The topological polar surface area (TPSA) is 22.4 Å². The van der Waals surface area contributed by atoms with Crippen molar-refractivity contribution < 1.29 is 8.84 Å². The van der Waals surface area contributed by atoms with Crippen molar-refractivity contribution >= 4 is 8.32 Å². The quantitative estimate of drug-likeness (QED) is 0.555. The molecule has 1 aromatic rings. The molecule has 136 valence electrons. The zero-order valence-electron chi connectivity index (χ0n) is 17.0. The van der Waals surface area contributed by atoms with Crippen LogP contribution in [0.15, 0.2) is 10.7 Å². The van der Waals surface area contributed by atoms with Gasteiger partial charge in [-0.1, -0.05) is 48.0 Å². The van der Waals surface area contributed by atoms with Crippen LogP contribution in [0.2, 0.25) is 18.1 Å². The summed E-state index contributed by atoms with van der Waals surface area (Å²) in [5, 5.41) is 0.188. The Balaban J connectivity index is 2.03. The average molecular weight is 349 g/mol. The first-order chi connectivity index (χ1) is 10.9. The lowest BCUT2D eigenvalue weighted by molar-refractivity contribution is 0.0396. The molecule has 2 aliphatic carbocycles. The molecule has 3 heteroatoms. The molecule has 2 atom stereocenters. The fraction of sp³-hybridized carbons (Fsp3) is 0.810. The number of hydrogen-bond donors (Lipinski definition) is 0. The zero-order chi connectivity index (χ0) is 18.0. The van der Waals surface area contributed by atoms with E-state index in [0.717, 1.165) is 18.3 Å². The van der Waals surface area contributed by atoms with E-state index in [0.29, 0.717) is 5.41 Å². The molecule has 0 saturated heterocycles. The highest BCUT2D eigenvalue weighted by Crippen LogP contribution is 2.59. The predicted molar refractivity (Wildman–Crippen MR) is 103 cm³/mol. The van der Waals surface area contributed by atoms with Crippen molar-refractivity contribution in [2.75, 3.05) is 0 Å². The highest BCUT2D eigenvalue weighted by atomic mass is 28.4. The lowest BCUT2D eigenvalue weighted by Gasteiger charge is -2.53. The number of hydrogen-bond acceptors (Lipinski definition) is 2. The summed E-state index contributed by atoms with van der Waals surface area (Å²) < 4.78 is 12.7. The molecule has 1 saturated carbocycles. The maximum absolute atomic E-state index is 6.66. The molecule has 0 radical (unpaired) electrons. The van der Waals surface area contributed by atoms with E-state index in [-0.39, 0.29) is 10.5 Å². The molecular weight excluding hydrogens is 312 g/mol. The molecule has 3 rings (SSSR count). The van der Waals surface area contributed by atoms with Crippen molar-refractivity contribution in [3.8, 4) is 5.95 Å². The van der Waals surface area contributed by atoms with Gasteiger partial charge in [-0.25, -0.2) is 0 Å². The number of fused-ring (bicyclic) bond motifs is 3. The average Bonchev–Trinajstić information content (AvgIpc) is 2.80. The first-order valence-corrected chi connectivity index (χ1v) is 12.6. The van der Waals surface area contributed by atoms with Crippen molar-refractivity contribution in [1.29, 1.82) is 0 Å². The Hall–Kier alpha value is -0.703. The van der Waals surface area contributed by atoms with Crippen LogP contribution in [-0.2, 0) is 11.8 Å². The second-order valence-electron chi connectivity index (χ2n) is 10.6. The summed E-state index contributed by atoms with van der Waals surface area (Å²) in [6.45, 7) is 18.9. The second kappa shape index (κ2) is 5.39. The van der Waals surface area contributed by atoms with Crippen LogP contribution in [0.4, 0.5) is 0 Å². The molecule has 1 aromatic heterocycles. The summed E-state index contributed by atoms with van der Waals surface area (Å²) in [5.41, 5.74) is 3.44.